The van der Waals surface area contributed by atoms with Crippen molar-refractivity contribution in [1.82, 2.24) is 0 Å². The van der Waals surface area contributed by atoms with Crippen molar-refractivity contribution in [3.63, 3.8) is 0 Å². The van der Waals surface area contributed by atoms with E-state index in [1.54, 1.807) is 0 Å². The van der Waals surface area contributed by atoms with Gasteiger partial charge < -0.3 is 4.74 Å². The molecule has 0 aromatic heterocycles. The first-order chi connectivity index (χ1) is 5.56. The zero-order valence-electron chi connectivity index (χ0n) is 8.39. The molecule has 0 amide bonds. The number of rotatable bonds is 4. The second-order valence-corrected chi connectivity index (χ2v) is 3.37. The van der Waals surface area contributed by atoms with Crippen molar-refractivity contribution >= 4 is 5.97 Å². The molecule has 0 fully saturated rings. The monoisotopic (exact) mass is 170 g/mol. The van der Waals surface area contributed by atoms with Gasteiger partial charge in [0, 0.05) is 6.08 Å². The van der Waals surface area contributed by atoms with Gasteiger partial charge in [-0.2, -0.15) is 0 Å². The van der Waals surface area contributed by atoms with Gasteiger partial charge in [-0.15, -0.1) is 0 Å². The smallest absolute Gasteiger partial charge is 0.330 e. The maximum absolute atomic E-state index is 11.0. The van der Waals surface area contributed by atoms with Crippen molar-refractivity contribution in [1.29, 1.82) is 0 Å². The highest BCUT2D eigenvalue weighted by molar-refractivity contribution is 5.82. The van der Waals surface area contributed by atoms with Crippen molar-refractivity contribution in [3.8, 4) is 0 Å². The van der Waals surface area contributed by atoms with Gasteiger partial charge in [-0.05, 0) is 19.8 Å². The number of hydrogen-bond acceptors (Lipinski definition) is 2. The van der Waals surface area contributed by atoms with Crippen molar-refractivity contribution in [2.75, 3.05) is 6.61 Å². The molecule has 0 aromatic carbocycles. The molecule has 0 aliphatic carbocycles. The maximum Gasteiger partial charge on any atom is 0.330 e. The topological polar surface area (TPSA) is 26.3 Å². The van der Waals surface area contributed by atoms with E-state index in [0.29, 0.717) is 12.5 Å². The highest BCUT2D eigenvalue weighted by atomic mass is 16.5. The van der Waals surface area contributed by atoms with E-state index in [4.69, 9.17) is 4.74 Å². The third-order valence-electron chi connectivity index (χ3n) is 1.61. The molecule has 1 atom stereocenters. The van der Waals surface area contributed by atoms with Gasteiger partial charge in [0.25, 0.3) is 0 Å². The van der Waals surface area contributed by atoms with E-state index in [2.05, 4.69) is 13.8 Å². The molecule has 0 rings (SSSR count). The zero-order valence-corrected chi connectivity index (χ0v) is 8.39. The van der Waals surface area contributed by atoms with E-state index in [1.807, 2.05) is 13.8 Å². The van der Waals surface area contributed by atoms with E-state index in [0.717, 1.165) is 12.0 Å². The van der Waals surface area contributed by atoms with Gasteiger partial charge in [0.05, 0.1) is 6.61 Å². The van der Waals surface area contributed by atoms with Gasteiger partial charge in [-0.1, -0.05) is 25.8 Å². The first-order valence-electron chi connectivity index (χ1n) is 4.38. The lowest BCUT2D eigenvalue weighted by Crippen LogP contribution is -2.09. The number of ether oxygens (including phenoxy) is 1. The average Bonchev–Trinajstić information content (AvgIpc) is 1.99. The number of allylic oxidation sites excluding steroid dienone is 1. The van der Waals surface area contributed by atoms with Crippen LogP contribution in [0, 0.1) is 5.92 Å². The van der Waals surface area contributed by atoms with E-state index in [-0.39, 0.29) is 5.97 Å². The van der Waals surface area contributed by atoms with E-state index in [1.165, 1.54) is 6.08 Å². The molecule has 0 saturated carbocycles. The molecule has 0 saturated heterocycles. The van der Waals surface area contributed by atoms with Crippen molar-refractivity contribution in [2.24, 2.45) is 5.92 Å². The lowest BCUT2D eigenvalue weighted by molar-refractivity contribution is -0.139. The lowest BCUT2D eigenvalue weighted by Gasteiger charge is -2.07. The molecule has 0 aliphatic rings. The van der Waals surface area contributed by atoms with Gasteiger partial charge in [-0.3, -0.25) is 0 Å². The normalized spacial score (nSPS) is 12.0. The third kappa shape index (κ3) is 5.96. The molecule has 0 N–H and O–H groups in total. The Morgan fingerprint density at radius 2 is 2.08 bits per heavy atom. The van der Waals surface area contributed by atoms with Crippen LogP contribution in [0.5, 0.6) is 0 Å². The molecule has 0 aliphatic heterocycles. The minimum absolute atomic E-state index is 0.227. The summed E-state index contributed by atoms with van der Waals surface area (Å²) in [7, 11) is 0. The van der Waals surface area contributed by atoms with Crippen molar-refractivity contribution < 1.29 is 9.53 Å². The number of carbonyl (C=O) groups excluding carboxylic acids is 1. The average molecular weight is 170 g/mol. The Morgan fingerprint density at radius 1 is 1.50 bits per heavy atom. The summed E-state index contributed by atoms with van der Waals surface area (Å²) < 4.78 is 4.99. The SMILES string of the molecule is CCC(C)COC(=O)C=C(C)C. The predicted octanol–water partition coefficient (Wildman–Crippen LogP) is 2.54. The summed E-state index contributed by atoms with van der Waals surface area (Å²) in [6, 6.07) is 0. The molecule has 0 radical (unpaired) electrons. The van der Waals surface area contributed by atoms with Crippen LogP contribution in [0.3, 0.4) is 0 Å². The highest BCUT2D eigenvalue weighted by Crippen LogP contribution is 2.01. The largest absolute Gasteiger partial charge is 0.462 e. The summed E-state index contributed by atoms with van der Waals surface area (Å²) in [5.74, 6) is 0.231. The van der Waals surface area contributed by atoms with Gasteiger partial charge in [0.2, 0.25) is 0 Å². The second-order valence-electron chi connectivity index (χ2n) is 3.37. The van der Waals surface area contributed by atoms with Gasteiger partial charge in [-0.25, -0.2) is 4.79 Å². The van der Waals surface area contributed by atoms with Crippen LogP contribution in [0.1, 0.15) is 34.1 Å². The Labute approximate surface area is 74.6 Å². The minimum atomic E-state index is -0.227. The van der Waals surface area contributed by atoms with Crippen LogP contribution < -0.4 is 0 Å². The molecule has 2 heteroatoms. The number of carbonyl (C=O) groups is 1. The van der Waals surface area contributed by atoms with E-state index < -0.39 is 0 Å². The summed E-state index contributed by atoms with van der Waals surface area (Å²) in [6.45, 7) is 8.43. The third-order valence-corrected chi connectivity index (χ3v) is 1.61. The van der Waals surface area contributed by atoms with E-state index in [9.17, 15) is 4.79 Å². The minimum Gasteiger partial charge on any atom is -0.462 e. The van der Waals surface area contributed by atoms with Crippen LogP contribution in [0.15, 0.2) is 11.6 Å². The first-order valence-corrected chi connectivity index (χ1v) is 4.38. The molecule has 12 heavy (non-hydrogen) atoms. The molecule has 70 valence electrons. The fraction of sp³-hybridized carbons (Fsp3) is 0.700. The summed E-state index contributed by atoms with van der Waals surface area (Å²) in [5.41, 5.74) is 0.976. The van der Waals surface area contributed by atoms with Crippen LogP contribution >= 0.6 is 0 Å². The molecular formula is C10H18O2. The quantitative estimate of drug-likeness (QED) is 0.478. The van der Waals surface area contributed by atoms with Crippen LogP contribution in [0.25, 0.3) is 0 Å². The molecule has 0 heterocycles. The molecular weight excluding hydrogens is 152 g/mol. The van der Waals surface area contributed by atoms with Crippen LogP contribution in [0.4, 0.5) is 0 Å². The van der Waals surface area contributed by atoms with Crippen molar-refractivity contribution in [2.45, 2.75) is 34.1 Å². The van der Waals surface area contributed by atoms with Crippen molar-refractivity contribution in [3.05, 3.63) is 11.6 Å². The number of esters is 1. The van der Waals surface area contributed by atoms with Crippen LogP contribution in [-0.4, -0.2) is 12.6 Å². The Kier molecular flexibility index (Phi) is 5.43. The summed E-state index contributed by atoms with van der Waals surface area (Å²) in [6.07, 6.45) is 2.56. The second kappa shape index (κ2) is 5.81. The summed E-state index contributed by atoms with van der Waals surface area (Å²) in [5, 5.41) is 0. The molecule has 0 spiro atoms. The first kappa shape index (κ1) is 11.2. The predicted molar refractivity (Wildman–Crippen MR) is 49.8 cm³/mol. The Bertz CT molecular complexity index is 167. The van der Waals surface area contributed by atoms with Crippen LogP contribution in [0.2, 0.25) is 0 Å². The Balaban J connectivity index is 3.65. The maximum atomic E-state index is 11.0. The Hall–Kier alpha value is -0.790. The number of hydrogen-bond donors (Lipinski definition) is 0. The van der Waals surface area contributed by atoms with Gasteiger partial charge in [0.1, 0.15) is 0 Å². The molecule has 0 bridgehead atoms. The molecule has 1 unspecified atom stereocenters. The van der Waals surface area contributed by atoms with E-state index >= 15 is 0 Å². The summed E-state index contributed by atoms with van der Waals surface area (Å²) in [4.78, 5) is 11.0. The standard InChI is InChI=1S/C10H18O2/c1-5-9(4)7-12-10(11)6-8(2)3/h6,9H,5,7H2,1-4H3. The molecule has 2 nitrogen and oxygen atoms in total. The summed E-state index contributed by atoms with van der Waals surface area (Å²) >= 11 is 0. The fourth-order valence-electron chi connectivity index (χ4n) is 0.620. The highest BCUT2D eigenvalue weighted by Gasteiger charge is 2.02. The zero-order chi connectivity index (χ0) is 9.56. The fourth-order valence-corrected chi connectivity index (χ4v) is 0.620. The van der Waals surface area contributed by atoms with Crippen LogP contribution in [-0.2, 0) is 9.53 Å². The van der Waals surface area contributed by atoms with Gasteiger partial charge >= 0.3 is 5.97 Å². The molecule has 0 aromatic rings. The van der Waals surface area contributed by atoms with Gasteiger partial charge in [0.15, 0.2) is 0 Å². The lowest BCUT2D eigenvalue weighted by atomic mass is 10.1. The Morgan fingerprint density at radius 3 is 2.50 bits per heavy atom.